The van der Waals surface area contributed by atoms with E-state index in [4.69, 9.17) is 4.74 Å². The minimum Gasteiger partial charge on any atom is -0.508 e. The first-order valence-electron chi connectivity index (χ1n) is 6.80. The van der Waals surface area contributed by atoms with Crippen LogP contribution in [-0.4, -0.2) is 23.4 Å². The summed E-state index contributed by atoms with van der Waals surface area (Å²) in [6, 6.07) is 13.3. The van der Waals surface area contributed by atoms with Crippen molar-refractivity contribution in [2.75, 3.05) is 12.0 Å². The number of ether oxygens (including phenoxy) is 1. The molecule has 3 rings (SSSR count). The third kappa shape index (κ3) is 2.93. The Morgan fingerprint density at radius 3 is 2.65 bits per heavy atom. The number of hydrogen-bond acceptors (Lipinski definition) is 5. The lowest BCUT2D eigenvalue weighted by molar-refractivity contribution is -0.113. The highest BCUT2D eigenvalue weighted by atomic mass is 32.2. The van der Waals surface area contributed by atoms with Crippen LogP contribution in [0.2, 0.25) is 0 Å². The summed E-state index contributed by atoms with van der Waals surface area (Å²) >= 11 is 0.858. The topological polar surface area (TPSA) is 66.8 Å². The molecule has 2 aromatic rings. The summed E-state index contributed by atoms with van der Waals surface area (Å²) in [4.78, 5) is 26.2. The first kappa shape index (κ1) is 15.2. The number of aromatic hydroxyl groups is 1. The number of anilines is 1. The molecule has 5 nitrogen and oxygen atoms in total. The van der Waals surface area contributed by atoms with Gasteiger partial charge in [0.1, 0.15) is 11.5 Å². The summed E-state index contributed by atoms with van der Waals surface area (Å²) in [7, 11) is 1.49. The molecule has 1 saturated heterocycles. The summed E-state index contributed by atoms with van der Waals surface area (Å²) in [6.45, 7) is 0. The molecule has 0 atom stereocenters. The number of thioether (sulfide) groups is 1. The second-order valence-electron chi connectivity index (χ2n) is 4.78. The van der Waals surface area contributed by atoms with Crippen molar-refractivity contribution in [3.05, 3.63) is 59.0 Å². The molecule has 0 aromatic heterocycles. The Kier molecular flexibility index (Phi) is 4.08. The molecule has 23 heavy (non-hydrogen) atoms. The molecule has 1 aliphatic rings. The smallest absolute Gasteiger partial charge is 0.298 e. The highest BCUT2D eigenvalue weighted by Gasteiger charge is 2.37. The van der Waals surface area contributed by atoms with Gasteiger partial charge in [0.2, 0.25) is 0 Å². The van der Waals surface area contributed by atoms with E-state index in [-0.39, 0.29) is 11.0 Å². The van der Waals surface area contributed by atoms with Crippen LogP contribution in [0.25, 0.3) is 6.08 Å². The van der Waals surface area contributed by atoms with Crippen LogP contribution in [0.15, 0.2) is 53.4 Å². The molecule has 2 aromatic carbocycles. The number of hydrogen-bond donors (Lipinski definition) is 1. The minimum atomic E-state index is -0.409. The number of phenols is 1. The van der Waals surface area contributed by atoms with E-state index in [1.165, 1.54) is 19.2 Å². The van der Waals surface area contributed by atoms with Crippen LogP contribution in [-0.2, 0) is 4.79 Å². The van der Waals surface area contributed by atoms with E-state index in [2.05, 4.69) is 0 Å². The van der Waals surface area contributed by atoms with E-state index in [0.717, 1.165) is 16.7 Å². The molecule has 2 amide bonds. The predicted molar refractivity (Wildman–Crippen MR) is 89.6 cm³/mol. The van der Waals surface area contributed by atoms with Gasteiger partial charge in [-0.1, -0.05) is 24.3 Å². The lowest BCUT2D eigenvalue weighted by Crippen LogP contribution is -2.28. The Balaban J connectivity index is 1.97. The summed E-state index contributed by atoms with van der Waals surface area (Å²) in [5, 5.41) is 9.10. The first-order chi connectivity index (χ1) is 11.1. The van der Waals surface area contributed by atoms with Crippen molar-refractivity contribution >= 4 is 34.7 Å². The first-order valence-corrected chi connectivity index (χ1v) is 7.62. The van der Waals surface area contributed by atoms with Gasteiger partial charge in [0.25, 0.3) is 11.1 Å². The lowest BCUT2D eigenvalue weighted by atomic mass is 10.2. The van der Waals surface area contributed by atoms with Crippen molar-refractivity contribution in [3.63, 3.8) is 0 Å². The van der Waals surface area contributed by atoms with E-state index >= 15 is 0 Å². The molecule has 0 aliphatic carbocycles. The second-order valence-corrected chi connectivity index (χ2v) is 5.78. The molecule has 0 spiro atoms. The molecule has 6 heteroatoms. The lowest BCUT2D eigenvalue weighted by Gasteiger charge is -2.15. The Hall–Kier alpha value is -2.73. The van der Waals surface area contributed by atoms with Crippen LogP contribution in [0.1, 0.15) is 5.56 Å². The predicted octanol–water partition coefficient (Wildman–Crippen LogP) is 3.64. The van der Waals surface area contributed by atoms with Gasteiger partial charge in [-0.2, -0.15) is 0 Å². The van der Waals surface area contributed by atoms with Gasteiger partial charge in [0.15, 0.2) is 0 Å². The number of methoxy groups -OCH3 is 1. The number of para-hydroxylation sites is 2. The fourth-order valence-electron chi connectivity index (χ4n) is 2.26. The Morgan fingerprint density at radius 2 is 1.91 bits per heavy atom. The van der Waals surface area contributed by atoms with Gasteiger partial charge < -0.3 is 9.84 Å². The molecule has 0 unspecified atom stereocenters. The Bertz CT molecular complexity index is 816. The molecule has 0 saturated carbocycles. The van der Waals surface area contributed by atoms with Crippen LogP contribution >= 0.6 is 11.8 Å². The number of benzene rings is 2. The quantitative estimate of drug-likeness (QED) is 0.872. The van der Waals surface area contributed by atoms with Gasteiger partial charge in [-0.25, -0.2) is 4.90 Å². The molecule has 0 radical (unpaired) electrons. The zero-order valence-electron chi connectivity index (χ0n) is 12.2. The average Bonchev–Trinajstić information content (AvgIpc) is 2.81. The van der Waals surface area contributed by atoms with Crippen molar-refractivity contribution in [3.8, 4) is 11.5 Å². The highest BCUT2D eigenvalue weighted by molar-refractivity contribution is 8.19. The molecule has 0 bridgehead atoms. The molecular weight excluding hydrogens is 314 g/mol. The summed E-state index contributed by atoms with van der Waals surface area (Å²) in [6.07, 6.45) is 1.58. The van der Waals surface area contributed by atoms with Crippen molar-refractivity contribution in [1.29, 1.82) is 0 Å². The van der Waals surface area contributed by atoms with Crippen LogP contribution in [0.3, 0.4) is 0 Å². The van der Waals surface area contributed by atoms with Crippen LogP contribution in [0.4, 0.5) is 10.5 Å². The zero-order chi connectivity index (χ0) is 16.4. The summed E-state index contributed by atoms with van der Waals surface area (Å²) in [5.41, 5.74) is 1.06. The molecular formula is C17H13NO4S. The van der Waals surface area contributed by atoms with Gasteiger partial charge in [-0.05, 0) is 47.7 Å². The van der Waals surface area contributed by atoms with Crippen LogP contribution < -0.4 is 9.64 Å². The summed E-state index contributed by atoms with van der Waals surface area (Å²) in [5.74, 6) is 0.143. The maximum absolute atomic E-state index is 12.6. The standard InChI is InChI=1S/C17H13NO4S/c1-22-14-8-3-2-7-13(14)18-16(20)15(23-17(18)21)10-11-5-4-6-12(19)9-11/h2-10,19H,1H3/b15-10-. The van der Waals surface area contributed by atoms with Gasteiger partial charge in [0.05, 0.1) is 17.7 Å². The minimum absolute atomic E-state index is 0.0997. The van der Waals surface area contributed by atoms with Gasteiger partial charge in [-0.15, -0.1) is 0 Å². The third-order valence-corrected chi connectivity index (χ3v) is 4.16. The number of carbonyl (C=O) groups excluding carboxylic acids is 2. The Morgan fingerprint density at radius 1 is 1.13 bits per heavy atom. The molecule has 1 heterocycles. The van der Waals surface area contributed by atoms with Crippen LogP contribution in [0.5, 0.6) is 11.5 Å². The molecule has 1 N–H and O–H groups in total. The van der Waals surface area contributed by atoms with Crippen molar-refractivity contribution in [1.82, 2.24) is 0 Å². The zero-order valence-corrected chi connectivity index (χ0v) is 13.0. The third-order valence-electron chi connectivity index (χ3n) is 3.29. The van der Waals surface area contributed by atoms with Crippen molar-refractivity contribution in [2.45, 2.75) is 0 Å². The number of phenolic OH excluding ortho intramolecular Hbond substituents is 1. The number of imide groups is 1. The monoisotopic (exact) mass is 327 g/mol. The largest absolute Gasteiger partial charge is 0.508 e. The molecule has 1 aliphatic heterocycles. The SMILES string of the molecule is COc1ccccc1N1C(=O)S/C(=C\c2cccc(O)c2)C1=O. The fraction of sp³-hybridized carbons (Fsp3) is 0.0588. The molecule has 1 fully saturated rings. The number of rotatable bonds is 3. The van der Waals surface area contributed by atoms with E-state index in [1.807, 2.05) is 0 Å². The summed E-state index contributed by atoms with van der Waals surface area (Å²) < 4.78 is 5.22. The maximum Gasteiger partial charge on any atom is 0.298 e. The molecule has 116 valence electrons. The highest BCUT2D eigenvalue weighted by Crippen LogP contribution is 2.39. The Labute approximate surface area is 137 Å². The normalized spacial score (nSPS) is 16.2. The van der Waals surface area contributed by atoms with E-state index in [1.54, 1.807) is 42.5 Å². The number of nitrogens with zero attached hydrogens (tertiary/aromatic N) is 1. The van der Waals surface area contributed by atoms with Crippen molar-refractivity contribution in [2.24, 2.45) is 0 Å². The average molecular weight is 327 g/mol. The van der Waals surface area contributed by atoms with E-state index in [0.29, 0.717) is 21.9 Å². The van der Waals surface area contributed by atoms with E-state index in [9.17, 15) is 14.7 Å². The maximum atomic E-state index is 12.6. The van der Waals surface area contributed by atoms with Crippen molar-refractivity contribution < 1.29 is 19.4 Å². The van der Waals surface area contributed by atoms with Gasteiger partial charge in [-0.3, -0.25) is 9.59 Å². The van der Waals surface area contributed by atoms with Crippen LogP contribution in [0, 0.1) is 0 Å². The second kappa shape index (κ2) is 6.18. The van der Waals surface area contributed by atoms with Gasteiger partial charge in [0, 0.05) is 0 Å². The van der Waals surface area contributed by atoms with Gasteiger partial charge >= 0.3 is 0 Å². The van der Waals surface area contributed by atoms with E-state index < -0.39 is 5.91 Å². The number of amides is 2. The fourth-order valence-corrected chi connectivity index (χ4v) is 3.09. The number of carbonyl (C=O) groups is 2.